The fraction of sp³-hybridized carbons (Fsp3) is 0.125. The number of nitrogens with zero attached hydrogens (tertiary/aromatic N) is 1. The molecule has 22 heavy (non-hydrogen) atoms. The lowest BCUT2D eigenvalue weighted by atomic mass is 10.1. The van der Waals surface area contributed by atoms with E-state index in [4.69, 9.17) is 12.2 Å². The zero-order valence-electron chi connectivity index (χ0n) is 12.3. The van der Waals surface area contributed by atoms with Gasteiger partial charge in [-0.25, -0.2) is 0 Å². The van der Waals surface area contributed by atoms with E-state index in [0.717, 1.165) is 22.6 Å². The van der Waals surface area contributed by atoms with Crippen LogP contribution in [0.3, 0.4) is 0 Å². The van der Waals surface area contributed by atoms with Crippen molar-refractivity contribution in [3.8, 4) is 0 Å². The molecule has 0 bridgehead atoms. The first kappa shape index (κ1) is 14.9. The Hall–Kier alpha value is -2.05. The molecule has 1 aliphatic heterocycles. The Morgan fingerprint density at radius 2 is 1.91 bits per heavy atom. The molecule has 0 atom stereocenters. The van der Waals surface area contributed by atoms with Gasteiger partial charge in [-0.3, -0.25) is 5.43 Å². The fourth-order valence-corrected chi connectivity index (χ4v) is 3.13. The first-order valence-corrected chi connectivity index (χ1v) is 8.10. The summed E-state index contributed by atoms with van der Waals surface area (Å²) in [5, 5.41) is 11.1. The van der Waals surface area contributed by atoms with Crippen molar-refractivity contribution in [3.05, 3.63) is 48.0 Å². The van der Waals surface area contributed by atoms with Crippen LogP contribution >= 0.6 is 24.0 Å². The highest BCUT2D eigenvalue weighted by molar-refractivity contribution is 7.99. The largest absolute Gasteiger partial charge is 0.364 e. The minimum Gasteiger partial charge on any atom is -0.364 e. The number of anilines is 2. The summed E-state index contributed by atoms with van der Waals surface area (Å²) in [5.41, 5.74) is 6.99. The highest BCUT2D eigenvalue weighted by Gasteiger charge is 2.15. The summed E-state index contributed by atoms with van der Waals surface area (Å²) < 4.78 is 0. The van der Waals surface area contributed by atoms with Gasteiger partial charge >= 0.3 is 0 Å². The Balaban J connectivity index is 1.85. The van der Waals surface area contributed by atoms with Gasteiger partial charge in [-0.1, -0.05) is 30.0 Å². The van der Waals surface area contributed by atoms with Gasteiger partial charge in [0.2, 0.25) is 0 Å². The maximum atomic E-state index is 5.02. The van der Waals surface area contributed by atoms with E-state index in [9.17, 15) is 0 Å². The second-order valence-corrected chi connectivity index (χ2v) is 6.31. The number of nitrogens with one attached hydrogen (secondary N) is 3. The quantitative estimate of drug-likeness (QED) is 0.380. The number of thiocarbonyl (C=S) groups is 1. The van der Waals surface area contributed by atoms with Crippen molar-refractivity contribution in [2.45, 2.75) is 16.7 Å². The second-order valence-electron chi connectivity index (χ2n) is 4.82. The van der Waals surface area contributed by atoms with Gasteiger partial charge in [0.1, 0.15) is 0 Å². The van der Waals surface area contributed by atoms with Crippen molar-refractivity contribution in [1.82, 2.24) is 10.7 Å². The van der Waals surface area contributed by atoms with Crippen LogP contribution in [0.2, 0.25) is 0 Å². The smallest absolute Gasteiger partial charge is 0.186 e. The van der Waals surface area contributed by atoms with Crippen LogP contribution in [-0.2, 0) is 0 Å². The van der Waals surface area contributed by atoms with Gasteiger partial charge in [-0.2, -0.15) is 5.10 Å². The van der Waals surface area contributed by atoms with Crippen LogP contribution in [0.15, 0.2) is 57.4 Å². The predicted molar refractivity (Wildman–Crippen MR) is 97.3 cm³/mol. The van der Waals surface area contributed by atoms with E-state index in [2.05, 4.69) is 57.6 Å². The van der Waals surface area contributed by atoms with Gasteiger partial charge < -0.3 is 10.6 Å². The van der Waals surface area contributed by atoms with Crippen LogP contribution in [0.1, 0.15) is 12.5 Å². The second kappa shape index (κ2) is 6.37. The van der Waals surface area contributed by atoms with Crippen LogP contribution in [-0.4, -0.2) is 17.9 Å². The summed E-state index contributed by atoms with van der Waals surface area (Å²) in [6, 6.07) is 14.6. The number of hydrogen-bond acceptors (Lipinski definition) is 4. The van der Waals surface area contributed by atoms with Gasteiger partial charge in [0.05, 0.1) is 17.1 Å². The molecule has 0 unspecified atom stereocenters. The molecule has 0 aliphatic carbocycles. The Morgan fingerprint density at radius 1 is 1.14 bits per heavy atom. The normalized spacial score (nSPS) is 12.7. The lowest BCUT2D eigenvalue weighted by Gasteiger charge is -2.21. The Bertz CT molecular complexity index is 756. The molecule has 1 heterocycles. The number of para-hydroxylation sites is 1. The van der Waals surface area contributed by atoms with Gasteiger partial charge in [0, 0.05) is 16.8 Å². The molecule has 0 radical (unpaired) electrons. The third-order valence-electron chi connectivity index (χ3n) is 3.33. The predicted octanol–water partition coefficient (Wildman–Crippen LogP) is 3.71. The lowest BCUT2D eigenvalue weighted by Crippen LogP contribution is -2.29. The molecule has 0 amide bonds. The molecular weight excluding hydrogens is 312 g/mol. The van der Waals surface area contributed by atoms with Crippen LogP contribution in [0.25, 0.3) is 0 Å². The van der Waals surface area contributed by atoms with E-state index in [1.807, 2.05) is 13.0 Å². The fourth-order valence-electron chi connectivity index (χ4n) is 2.12. The maximum Gasteiger partial charge on any atom is 0.186 e. The van der Waals surface area contributed by atoms with Crippen molar-refractivity contribution >= 4 is 46.2 Å². The van der Waals surface area contributed by atoms with Crippen LogP contribution in [0.5, 0.6) is 0 Å². The van der Waals surface area contributed by atoms with Crippen molar-refractivity contribution in [2.75, 3.05) is 12.4 Å². The van der Waals surface area contributed by atoms with Crippen molar-refractivity contribution in [3.63, 3.8) is 0 Å². The average Bonchev–Trinajstić information content (AvgIpc) is 2.56. The number of hydrazone groups is 1. The van der Waals surface area contributed by atoms with Crippen LogP contribution in [0.4, 0.5) is 11.4 Å². The van der Waals surface area contributed by atoms with Gasteiger partial charge in [-0.05, 0) is 49.0 Å². The minimum atomic E-state index is 0.500. The molecule has 6 heteroatoms. The first-order valence-electron chi connectivity index (χ1n) is 6.87. The summed E-state index contributed by atoms with van der Waals surface area (Å²) in [5.74, 6) is 0. The SMILES string of the molecule is CNC(=S)N/N=C(/C)c1ccc2c(c1)Nc1ccccc1S2. The summed E-state index contributed by atoms with van der Waals surface area (Å²) in [6.07, 6.45) is 0. The minimum absolute atomic E-state index is 0.500. The van der Waals surface area contributed by atoms with Gasteiger partial charge in [0.25, 0.3) is 0 Å². The zero-order valence-corrected chi connectivity index (χ0v) is 13.9. The molecule has 3 N–H and O–H groups in total. The third kappa shape index (κ3) is 3.08. The van der Waals surface area contributed by atoms with Crippen LogP contribution < -0.4 is 16.1 Å². The van der Waals surface area contributed by atoms with Crippen molar-refractivity contribution < 1.29 is 0 Å². The molecule has 0 spiro atoms. The molecule has 0 saturated heterocycles. The zero-order chi connectivity index (χ0) is 15.5. The number of fused-ring (bicyclic) bond motifs is 2. The molecule has 3 rings (SSSR count). The molecule has 2 aromatic rings. The first-order chi connectivity index (χ1) is 10.7. The summed E-state index contributed by atoms with van der Waals surface area (Å²) in [7, 11) is 1.76. The molecule has 2 aromatic carbocycles. The Morgan fingerprint density at radius 3 is 2.73 bits per heavy atom. The summed E-state index contributed by atoms with van der Waals surface area (Å²) >= 11 is 6.80. The number of benzene rings is 2. The topological polar surface area (TPSA) is 48.5 Å². The standard InChI is InChI=1S/C16H16N4S2/c1-10(19-20-16(21)17-2)11-7-8-15-13(9-11)18-12-5-3-4-6-14(12)22-15/h3-9,18H,1-2H3,(H2,17,20,21)/b19-10-. The number of hydrogen-bond donors (Lipinski definition) is 3. The molecule has 0 saturated carbocycles. The van der Waals surface area contributed by atoms with E-state index < -0.39 is 0 Å². The Labute approximate surface area is 139 Å². The molecule has 1 aliphatic rings. The molecule has 0 aromatic heterocycles. The summed E-state index contributed by atoms with van der Waals surface area (Å²) in [6.45, 7) is 1.96. The molecule has 0 fully saturated rings. The molecule has 4 nitrogen and oxygen atoms in total. The van der Waals surface area contributed by atoms with Gasteiger partial charge in [-0.15, -0.1) is 0 Å². The van der Waals surface area contributed by atoms with Crippen molar-refractivity contribution in [1.29, 1.82) is 0 Å². The van der Waals surface area contributed by atoms with E-state index >= 15 is 0 Å². The maximum absolute atomic E-state index is 5.02. The number of rotatable bonds is 2. The van der Waals surface area contributed by atoms with E-state index in [1.165, 1.54) is 9.79 Å². The highest BCUT2D eigenvalue weighted by atomic mass is 32.2. The average molecular weight is 328 g/mol. The monoisotopic (exact) mass is 328 g/mol. The van der Waals surface area contributed by atoms with Gasteiger partial charge in [0.15, 0.2) is 5.11 Å². The molecular formula is C16H16N4S2. The van der Waals surface area contributed by atoms with Crippen molar-refractivity contribution in [2.24, 2.45) is 5.10 Å². The third-order valence-corrected chi connectivity index (χ3v) is 4.77. The van der Waals surface area contributed by atoms with E-state index in [1.54, 1.807) is 18.8 Å². The van der Waals surface area contributed by atoms with Crippen LogP contribution in [0, 0.1) is 0 Å². The molecule has 112 valence electrons. The van der Waals surface area contributed by atoms with E-state index in [0.29, 0.717) is 5.11 Å². The lowest BCUT2D eigenvalue weighted by molar-refractivity contribution is 0.974. The Kier molecular flexibility index (Phi) is 4.31. The summed E-state index contributed by atoms with van der Waals surface area (Å²) in [4.78, 5) is 2.46. The van der Waals surface area contributed by atoms with E-state index in [-0.39, 0.29) is 0 Å². The highest BCUT2D eigenvalue weighted by Crippen LogP contribution is 2.44.